The highest BCUT2D eigenvalue weighted by molar-refractivity contribution is 6.30. The molecule has 1 N–H and O–H groups in total. The molecule has 8 nitrogen and oxygen atoms in total. The second kappa shape index (κ2) is 10.2. The zero-order valence-corrected chi connectivity index (χ0v) is 22.5. The van der Waals surface area contributed by atoms with Crippen LogP contribution < -0.4 is 4.90 Å². The third-order valence-corrected chi connectivity index (χ3v) is 8.60. The van der Waals surface area contributed by atoms with Crippen LogP contribution in [0.15, 0.2) is 49.6 Å². The number of hydrogen-bond donors (Lipinski definition) is 1. The van der Waals surface area contributed by atoms with E-state index >= 15 is 0 Å². The van der Waals surface area contributed by atoms with E-state index in [0.29, 0.717) is 36.5 Å². The normalized spacial score (nSPS) is 30.7. The molecule has 3 fully saturated rings. The van der Waals surface area contributed by atoms with Crippen molar-refractivity contribution in [1.82, 2.24) is 9.80 Å². The van der Waals surface area contributed by atoms with E-state index in [1.165, 1.54) is 4.90 Å². The number of anilines is 1. The van der Waals surface area contributed by atoms with Crippen molar-refractivity contribution < 1.29 is 24.2 Å². The van der Waals surface area contributed by atoms with Gasteiger partial charge in [0.1, 0.15) is 11.6 Å². The van der Waals surface area contributed by atoms with Crippen LogP contribution in [0.1, 0.15) is 33.1 Å². The van der Waals surface area contributed by atoms with Crippen molar-refractivity contribution in [2.24, 2.45) is 11.8 Å². The molecule has 3 amide bonds. The molecule has 3 aliphatic rings. The minimum absolute atomic E-state index is 0.188. The van der Waals surface area contributed by atoms with E-state index in [0.717, 1.165) is 0 Å². The molecule has 0 saturated carbocycles. The number of carbonyl (C=O) groups is 3. The maximum atomic E-state index is 14.4. The maximum absolute atomic E-state index is 14.4. The lowest BCUT2D eigenvalue weighted by Gasteiger charge is -2.38. The number of carbonyl (C=O) groups excluding carboxylic acids is 3. The molecule has 200 valence electrons. The van der Waals surface area contributed by atoms with Crippen LogP contribution >= 0.6 is 11.6 Å². The topological polar surface area (TPSA) is 90.4 Å². The molecule has 1 aromatic carbocycles. The Morgan fingerprint density at radius 3 is 2.43 bits per heavy atom. The second-order valence-corrected chi connectivity index (χ2v) is 10.8. The Kier molecular flexibility index (Phi) is 7.57. The van der Waals surface area contributed by atoms with Gasteiger partial charge in [-0.05, 0) is 50.5 Å². The first kappa shape index (κ1) is 27.4. The van der Waals surface area contributed by atoms with E-state index in [4.69, 9.17) is 16.3 Å². The Morgan fingerprint density at radius 1 is 1.22 bits per heavy atom. The van der Waals surface area contributed by atoms with Gasteiger partial charge in [-0.1, -0.05) is 30.7 Å². The number of rotatable bonds is 10. The fraction of sp³-hybridized carbons (Fsp3) is 0.536. The summed E-state index contributed by atoms with van der Waals surface area (Å²) in [5, 5.41) is 10.6. The molecule has 3 heterocycles. The molecule has 9 heteroatoms. The molecule has 6 atom stereocenters. The number of fused-ring (bicyclic) bond motifs is 1. The minimum atomic E-state index is -1.17. The van der Waals surface area contributed by atoms with E-state index in [-0.39, 0.29) is 30.9 Å². The molecular formula is C28H36ClN3O5. The molecule has 1 aromatic rings. The third kappa shape index (κ3) is 4.10. The van der Waals surface area contributed by atoms with Crippen LogP contribution in [0.2, 0.25) is 5.02 Å². The fourth-order valence-corrected chi connectivity index (χ4v) is 6.74. The number of likely N-dealkylation sites (N-methyl/N-ethyl adjacent to an activating group) is 1. The molecule has 2 unspecified atom stereocenters. The fourth-order valence-electron chi connectivity index (χ4n) is 6.61. The first-order chi connectivity index (χ1) is 17.6. The Labute approximate surface area is 223 Å². The van der Waals surface area contributed by atoms with Gasteiger partial charge in [0.25, 0.3) is 5.91 Å². The summed E-state index contributed by atoms with van der Waals surface area (Å²) in [5.41, 5.74) is -1.40. The number of halogens is 1. The van der Waals surface area contributed by atoms with Gasteiger partial charge in [-0.2, -0.15) is 0 Å². The summed E-state index contributed by atoms with van der Waals surface area (Å²) in [7, 11) is 1.69. The number of amides is 3. The standard InChI is InChI=1S/C28H36ClN3O5/c1-6-15-30(5)24(34)21-22-25(35)32(18(4)17-33)23(28(22)14-13-27(21,8-3)37-28)26(36)31(16-7-2)20-11-9-19(29)10-12-20/h6-7,9-12,18,21-23,33H,1-2,8,13-17H2,3-5H3/t18-,21+,22+,23?,27-,28?/m1/s1. The number of aliphatic hydroxyl groups excluding tert-OH is 1. The minimum Gasteiger partial charge on any atom is -0.394 e. The molecule has 3 saturated heterocycles. The summed E-state index contributed by atoms with van der Waals surface area (Å²) in [6.45, 7) is 11.4. The Balaban J connectivity index is 1.84. The van der Waals surface area contributed by atoms with E-state index in [2.05, 4.69) is 13.2 Å². The first-order valence-electron chi connectivity index (χ1n) is 12.8. The zero-order valence-electron chi connectivity index (χ0n) is 21.7. The van der Waals surface area contributed by atoms with Crippen LogP contribution in [-0.4, -0.2) is 82.7 Å². The molecule has 0 aromatic heterocycles. The molecule has 3 aliphatic heterocycles. The highest BCUT2D eigenvalue weighted by Gasteiger charge is 2.79. The summed E-state index contributed by atoms with van der Waals surface area (Å²) in [6, 6.07) is 5.24. The predicted octanol–water partition coefficient (Wildman–Crippen LogP) is 3.04. The van der Waals surface area contributed by atoms with Crippen LogP contribution in [-0.2, 0) is 19.1 Å². The molecular weight excluding hydrogens is 494 g/mol. The number of aliphatic hydroxyl groups is 1. The van der Waals surface area contributed by atoms with Crippen LogP contribution in [0, 0.1) is 11.8 Å². The molecule has 0 radical (unpaired) electrons. The number of ether oxygens (including phenoxy) is 1. The number of hydrogen-bond acceptors (Lipinski definition) is 5. The number of nitrogens with zero attached hydrogens (tertiary/aromatic N) is 3. The van der Waals surface area contributed by atoms with Crippen LogP contribution in [0.25, 0.3) is 0 Å². The Bertz CT molecular complexity index is 1090. The largest absolute Gasteiger partial charge is 0.394 e. The van der Waals surface area contributed by atoms with Crippen LogP contribution in [0.3, 0.4) is 0 Å². The van der Waals surface area contributed by atoms with Gasteiger partial charge in [-0.15, -0.1) is 13.2 Å². The predicted molar refractivity (Wildman–Crippen MR) is 142 cm³/mol. The zero-order chi connectivity index (χ0) is 27.1. The van der Waals surface area contributed by atoms with Crippen LogP contribution in [0.4, 0.5) is 5.69 Å². The number of benzene rings is 1. The smallest absolute Gasteiger partial charge is 0.253 e. The maximum Gasteiger partial charge on any atom is 0.253 e. The van der Waals surface area contributed by atoms with Crippen LogP contribution in [0.5, 0.6) is 0 Å². The van der Waals surface area contributed by atoms with E-state index in [1.807, 2.05) is 6.92 Å². The molecule has 37 heavy (non-hydrogen) atoms. The summed E-state index contributed by atoms with van der Waals surface area (Å²) < 4.78 is 6.78. The second-order valence-electron chi connectivity index (χ2n) is 10.3. The lowest BCUT2D eigenvalue weighted by molar-refractivity contribution is -0.152. The van der Waals surface area contributed by atoms with E-state index in [9.17, 15) is 19.5 Å². The average Bonchev–Trinajstić information content (AvgIpc) is 3.50. The van der Waals surface area contributed by atoms with Gasteiger partial charge in [0.2, 0.25) is 11.8 Å². The van der Waals surface area contributed by atoms with E-state index in [1.54, 1.807) is 60.2 Å². The Hall–Kier alpha value is -2.68. The Morgan fingerprint density at radius 2 is 1.86 bits per heavy atom. The SMILES string of the molecule is C=CCN(C)C(=O)[C@@H]1[C@H]2C(=O)N([C@H](C)CO)C(C(=O)N(CC=C)c3ccc(Cl)cc3)C23CC[C@@]1(CC)O3. The lowest BCUT2D eigenvalue weighted by Crippen LogP contribution is -2.58. The highest BCUT2D eigenvalue weighted by atomic mass is 35.5. The van der Waals surface area contributed by atoms with Crippen molar-refractivity contribution in [3.05, 3.63) is 54.6 Å². The monoisotopic (exact) mass is 529 g/mol. The summed E-state index contributed by atoms with van der Waals surface area (Å²) >= 11 is 6.08. The molecule has 1 spiro atoms. The van der Waals surface area contributed by atoms with Gasteiger partial charge in [0, 0.05) is 30.8 Å². The summed E-state index contributed by atoms with van der Waals surface area (Å²) in [5.74, 6) is -2.39. The van der Waals surface area contributed by atoms with Gasteiger partial charge in [0.15, 0.2) is 0 Å². The highest BCUT2D eigenvalue weighted by Crippen LogP contribution is 2.65. The summed E-state index contributed by atoms with van der Waals surface area (Å²) in [4.78, 5) is 46.9. The quantitative estimate of drug-likeness (QED) is 0.470. The molecule has 2 bridgehead atoms. The van der Waals surface area contributed by atoms with Crippen molar-refractivity contribution in [3.8, 4) is 0 Å². The first-order valence-corrected chi connectivity index (χ1v) is 13.2. The van der Waals surface area contributed by atoms with E-state index < -0.39 is 35.1 Å². The van der Waals surface area contributed by atoms with Crippen molar-refractivity contribution in [1.29, 1.82) is 0 Å². The average molecular weight is 530 g/mol. The van der Waals surface area contributed by atoms with Gasteiger partial charge < -0.3 is 24.5 Å². The van der Waals surface area contributed by atoms with Crippen molar-refractivity contribution >= 4 is 35.0 Å². The van der Waals surface area contributed by atoms with Gasteiger partial charge >= 0.3 is 0 Å². The van der Waals surface area contributed by atoms with Crippen molar-refractivity contribution in [2.75, 3.05) is 31.6 Å². The van der Waals surface area contributed by atoms with Crippen molar-refractivity contribution in [2.45, 2.75) is 56.4 Å². The van der Waals surface area contributed by atoms with Gasteiger partial charge in [0.05, 0.1) is 30.1 Å². The molecule has 4 rings (SSSR count). The van der Waals surface area contributed by atoms with Gasteiger partial charge in [-0.3, -0.25) is 14.4 Å². The van der Waals surface area contributed by atoms with Crippen molar-refractivity contribution in [3.63, 3.8) is 0 Å². The van der Waals surface area contributed by atoms with Gasteiger partial charge in [-0.25, -0.2) is 0 Å². The third-order valence-electron chi connectivity index (χ3n) is 8.35. The lowest BCUT2D eigenvalue weighted by atomic mass is 9.64. The number of likely N-dealkylation sites (tertiary alicyclic amines) is 1. The summed E-state index contributed by atoms with van der Waals surface area (Å²) in [6.07, 6.45) is 4.84. The molecule has 0 aliphatic carbocycles.